The van der Waals surface area contributed by atoms with Crippen LogP contribution >= 0.6 is 0 Å². The van der Waals surface area contributed by atoms with Crippen LogP contribution in [0.15, 0.2) is 35.5 Å². The molecule has 0 aliphatic heterocycles. The second-order valence-electron chi connectivity index (χ2n) is 5.15. The van der Waals surface area contributed by atoms with Crippen LogP contribution < -0.4 is 4.72 Å². The van der Waals surface area contributed by atoms with E-state index in [1.807, 2.05) is 0 Å². The average molecular weight is 315 g/mol. The van der Waals surface area contributed by atoms with Crippen molar-refractivity contribution in [3.8, 4) is 0 Å². The third-order valence-corrected chi connectivity index (χ3v) is 4.81. The highest BCUT2D eigenvalue weighted by molar-refractivity contribution is 7.89. The first-order chi connectivity index (χ1) is 9.63. The summed E-state index contributed by atoms with van der Waals surface area (Å²) < 4.78 is 54.6. The van der Waals surface area contributed by atoms with Crippen molar-refractivity contribution in [1.29, 1.82) is 0 Å². The molecule has 114 valence electrons. The highest BCUT2D eigenvalue weighted by Gasteiger charge is 2.30. The molecule has 0 spiro atoms. The monoisotopic (exact) mass is 315 g/mol. The van der Waals surface area contributed by atoms with Crippen LogP contribution in [0.25, 0.3) is 0 Å². The van der Waals surface area contributed by atoms with Gasteiger partial charge >= 0.3 is 0 Å². The summed E-state index contributed by atoms with van der Waals surface area (Å²) in [4.78, 5) is 0. The summed E-state index contributed by atoms with van der Waals surface area (Å²) >= 11 is 0. The molecule has 1 aromatic carbocycles. The van der Waals surface area contributed by atoms with Crippen molar-refractivity contribution in [2.24, 2.45) is 7.05 Å². The van der Waals surface area contributed by atoms with Crippen molar-refractivity contribution in [2.45, 2.75) is 24.4 Å². The molecule has 0 saturated heterocycles. The Labute approximate surface area is 121 Å². The second kappa shape index (κ2) is 5.19. The minimum Gasteiger partial charge on any atom is -0.256 e. The van der Waals surface area contributed by atoms with Gasteiger partial charge in [-0.05, 0) is 37.6 Å². The van der Waals surface area contributed by atoms with Crippen molar-refractivity contribution in [1.82, 2.24) is 14.5 Å². The lowest BCUT2D eigenvalue weighted by Gasteiger charge is -2.26. The summed E-state index contributed by atoms with van der Waals surface area (Å²) in [5, 5.41) is 3.78. The average Bonchev–Trinajstić information content (AvgIpc) is 2.78. The number of sulfonamides is 1. The lowest BCUT2D eigenvalue weighted by Crippen LogP contribution is -2.41. The number of rotatable bonds is 4. The summed E-state index contributed by atoms with van der Waals surface area (Å²) in [6.07, 6.45) is 1.36. The summed E-state index contributed by atoms with van der Waals surface area (Å²) in [5.41, 5.74) is -0.801. The van der Waals surface area contributed by atoms with Gasteiger partial charge in [-0.1, -0.05) is 6.07 Å². The smallest absolute Gasteiger partial charge is 0.256 e. The molecule has 0 aliphatic carbocycles. The third kappa shape index (κ3) is 3.11. The minimum absolute atomic E-state index is 0.0156. The zero-order valence-corrected chi connectivity index (χ0v) is 12.6. The maximum Gasteiger partial charge on any atom is 0.258 e. The largest absolute Gasteiger partial charge is 0.258 e. The normalized spacial score (nSPS) is 12.6. The molecule has 2 rings (SSSR count). The van der Waals surface area contributed by atoms with Gasteiger partial charge in [0.05, 0.1) is 11.7 Å². The number of hydrogen-bond donors (Lipinski definition) is 1. The molecule has 1 heterocycles. The molecule has 21 heavy (non-hydrogen) atoms. The molecule has 0 unspecified atom stereocenters. The van der Waals surface area contributed by atoms with Gasteiger partial charge in [-0.25, -0.2) is 17.2 Å². The van der Waals surface area contributed by atoms with Crippen LogP contribution in [0.3, 0.4) is 0 Å². The third-order valence-electron chi connectivity index (χ3n) is 3.08. The summed E-state index contributed by atoms with van der Waals surface area (Å²) in [7, 11) is -2.34. The van der Waals surface area contributed by atoms with E-state index in [-0.39, 0.29) is 5.03 Å². The molecule has 0 radical (unpaired) electrons. The van der Waals surface area contributed by atoms with Crippen molar-refractivity contribution in [3.05, 3.63) is 47.7 Å². The zero-order valence-electron chi connectivity index (χ0n) is 11.8. The van der Waals surface area contributed by atoms with Crippen molar-refractivity contribution in [2.75, 3.05) is 0 Å². The van der Waals surface area contributed by atoms with Crippen LogP contribution in [-0.4, -0.2) is 18.2 Å². The van der Waals surface area contributed by atoms with Crippen LogP contribution in [0, 0.1) is 11.6 Å². The van der Waals surface area contributed by atoms with Gasteiger partial charge in [0.25, 0.3) is 10.0 Å². The standard InChI is InChI=1S/C13H15F2N3O2S/c1-13(2,9-4-5-10(14)11(15)8-9)17-21(19,20)12-6-7-16-18(12)3/h4-8,17H,1-3H3. The molecule has 0 fully saturated rings. The molecule has 0 aliphatic rings. The van der Waals surface area contributed by atoms with E-state index in [4.69, 9.17) is 0 Å². The lowest BCUT2D eigenvalue weighted by molar-refractivity contribution is 0.456. The van der Waals surface area contributed by atoms with Gasteiger partial charge in [0, 0.05) is 7.05 Å². The number of nitrogens with one attached hydrogen (secondary N) is 1. The summed E-state index contributed by atoms with van der Waals surface area (Å²) in [6.45, 7) is 3.13. The first kappa shape index (κ1) is 15.6. The van der Waals surface area contributed by atoms with Gasteiger partial charge in [0.1, 0.15) is 0 Å². The van der Waals surface area contributed by atoms with Crippen molar-refractivity contribution in [3.63, 3.8) is 0 Å². The first-order valence-electron chi connectivity index (χ1n) is 6.11. The van der Waals surface area contributed by atoms with E-state index in [9.17, 15) is 17.2 Å². The van der Waals surface area contributed by atoms with Gasteiger partial charge in [-0.2, -0.15) is 9.82 Å². The molecule has 2 aromatic rings. The first-order valence-corrected chi connectivity index (χ1v) is 7.59. The highest BCUT2D eigenvalue weighted by Crippen LogP contribution is 2.24. The van der Waals surface area contributed by atoms with Crippen LogP contribution in [-0.2, 0) is 22.6 Å². The highest BCUT2D eigenvalue weighted by atomic mass is 32.2. The van der Waals surface area contributed by atoms with Gasteiger partial charge in [-0.15, -0.1) is 0 Å². The molecule has 0 atom stereocenters. The van der Waals surface area contributed by atoms with Gasteiger partial charge in [0.15, 0.2) is 16.7 Å². The minimum atomic E-state index is -3.84. The zero-order chi connectivity index (χ0) is 15.8. The van der Waals surface area contributed by atoms with E-state index < -0.39 is 27.2 Å². The number of benzene rings is 1. The lowest BCUT2D eigenvalue weighted by atomic mass is 9.96. The SMILES string of the molecule is Cn1nccc1S(=O)(=O)NC(C)(C)c1ccc(F)c(F)c1. The number of aryl methyl sites for hydroxylation is 1. The fraction of sp³-hybridized carbons (Fsp3) is 0.308. The molecule has 0 saturated carbocycles. The van der Waals surface area contributed by atoms with Gasteiger partial charge in [0.2, 0.25) is 0 Å². The molecule has 1 N–H and O–H groups in total. The van der Waals surface area contributed by atoms with E-state index in [1.165, 1.54) is 30.1 Å². The van der Waals surface area contributed by atoms with Crippen LogP contribution in [0.2, 0.25) is 0 Å². The Hall–Kier alpha value is -1.80. The molecule has 0 bridgehead atoms. The van der Waals surface area contributed by atoms with Crippen molar-refractivity contribution >= 4 is 10.0 Å². The van der Waals surface area contributed by atoms with E-state index in [0.29, 0.717) is 5.56 Å². The molecular weight excluding hydrogens is 300 g/mol. The van der Waals surface area contributed by atoms with E-state index in [2.05, 4.69) is 9.82 Å². The Kier molecular flexibility index (Phi) is 3.85. The van der Waals surface area contributed by atoms with Gasteiger partial charge < -0.3 is 0 Å². The van der Waals surface area contributed by atoms with E-state index in [1.54, 1.807) is 13.8 Å². The number of hydrogen-bond acceptors (Lipinski definition) is 3. The quantitative estimate of drug-likeness (QED) is 0.937. The summed E-state index contributed by atoms with van der Waals surface area (Å²) in [5.74, 6) is -2.01. The predicted molar refractivity (Wildman–Crippen MR) is 72.9 cm³/mol. The fourth-order valence-corrected chi connectivity index (χ4v) is 3.49. The Morgan fingerprint density at radius 2 is 1.86 bits per heavy atom. The second-order valence-corrected chi connectivity index (χ2v) is 6.78. The van der Waals surface area contributed by atoms with Crippen LogP contribution in [0.5, 0.6) is 0 Å². The van der Waals surface area contributed by atoms with Crippen LogP contribution in [0.1, 0.15) is 19.4 Å². The number of nitrogens with zero attached hydrogens (tertiary/aromatic N) is 2. The Morgan fingerprint density at radius 1 is 1.19 bits per heavy atom. The van der Waals surface area contributed by atoms with E-state index >= 15 is 0 Å². The molecular formula is C13H15F2N3O2S. The number of aromatic nitrogens is 2. The van der Waals surface area contributed by atoms with E-state index in [0.717, 1.165) is 12.1 Å². The molecule has 0 amide bonds. The summed E-state index contributed by atoms with van der Waals surface area (Å²) in [6, 6.07) is 4.62. The molecule has 8 heteroatoms. The van der Waals surface area contributed by atoms with Crippen molar-refractivity contribution < 1.29 is 17.2 Å². The maximum atomic E-state index is 13.3. The maximum absolute atomic E-state index is 13.3. The van der Waals surface area contributed by atoms with Crippen LogP contribution in [0.4, 0.5) is 8.78 Å². The Bertz CT molecular complexity index is 769. The number of halogens is 2. The molecule has 5 nitrogen and oxygen atoms in total. The molecule has 1 aromatic heterocycles. The topological polar surface area (TPSA) is 64.0 Å². The predicted octanol–water partition coefficient (Wildman–Crippen LogP) is 1.91. The Balaban J connectivity index is 2.37. The fourth-order valence-electron chi connectivity index (χ4n) is 1.96. The van der Waals surface area contributed by atoms with Gasteiger partial charge in [-0.3, -0.25) is 4.68 Å². The Morgan fingerprint density at radius 3 is 2.38 bits per heavy atom.